The molecule has 0 bridgehead atoms. The molecule has 0 aliphatic carbocycles. The predicted molar refractivity (Wildman–Crippen MR) is 83.7 cm³/mol. The van der Waals surface area contributed by atoms with Crippen molar-refractivity contribution in [3.05, 3.63) is 41.6 Å². The number of ether oxygens (including phenoxy) is 1. The van der Waals surface area contributed by atoms with E-state index in [9.17, 15) is 4.79 Å². The standard InChI is InChI=1S/C15H17N3O2S/c1-9(2)20-11-5-3-10(4-6-11)14-12-7-16-18-15(12)17-13(19)8-21-14/h3-7,9,14H,8H2,1-2H3,(H2,16,17,18,19)/t14-/m1/s1. The van der Waals surface area contributed by atoms with Crippen LogP contribution in [0.15, 0.2) is 30.5 Å². The minimum Gasteiger partial charge on any atom is -0.491 e. The summed E-state index contributed by atoms with van der Waals surface area (Å²) in [7, 11) is 0. The molecule has 0 saturated heterocycles. The molecular formula is C15H17N3O2S. The maximum atomic E-state index is 11.7. The molecule has 2 aromatic rings. The number of carbonyl (C=O) groups is 1. The Labute approximate surface area is 127 Å². The van der Waals surface area contributed by atoms with Crippen molar-refractivity contribution in [3.8, 4) is 5.75 Å². The number of hydrogen-bond acceptors (Lipinski definition) is 4. The van der Waals surface area contributed by atoms with Crippen molar-refractivity contribution < 1.29 is 9.53 Å². The van der Waals surface area contributed by atoms with Crippen LogP contribution in [-0.2, 0) is 4.79 Å². The molecule has 0 radical (unpaired) electrons. The highest BCUT2D eigenvalue weighted by molar-refractivity contribution is 8.00. The zero-order valence-electron chi connectivity index (χ0n) is 11.9. The average Bonchev–Trinajstić information content (AvgIpc) is 2.82. The summed E-state index contributed by atoms with van der Waals surface area (Å²) in [6.07, 6.45) is 1.93. The third kappa shape index (κ3) is 3.05. The molecule has 0 unspecified atom stereocenters. The number of hydrogen-bond donors (Lipinski definition) is 2. The molecule has 1 amide bonds. The summed E-state index contributed by atoms with van der Waals surface area (Å²) in [5, 5.41) is 9.81. The number of aromatic nitrogens is 2. The number of nitrogens with one attached hydrogen (secondary N) is 2. The maximum absolute atomic E-state index is 11.7. The van der Waals surface area contributed by atoms with E-state index in [2.05, 4.69) is 15.5 Å². The minimum absolute atomic E-state index is 0.00670. The number of nitrogens with zero attached hydrogens (tertiary/aromatic N) is 1. The van der Waals surface area contributed by atoms with Gasteiger partial charge in [-0.05, 0) is 31.5 Å². The Morgan fingerprint density at radius 3 is 2.81 bits per heavy atom. The number of benzene rings is 1. The molecule has 1 atom stereocenters. The highest BCUT2D eigenvalue weighted by atomic mass is 32.2. The van der Waals surface area contributed by atoms with E-state index in [1.807, 2.05) is 38.1 Å². The van der Waals surface area contributed by atoms with Crippen LogP contribution in [0.4, 0.5) is 5.82 Å². The van der Waals surface area contributed by atoms with E-state index in [1.165, 1.54) is 0 Å². The molecule has 1 aliphatic heterocycles. The molecule has 110 valence electrons. The first kappa shape index (κ1) is 14.0. The topological polar surface area (TPSA) is 67.0 Å². The van der Waals surface area contributed by atoms with Gasteiger partial charge in [0.25, 0.3) is 0 Å². The van der Waals surface area contributed by atoms with Crippen LogP contribution >= 0.6 is 11.8 Å². The molecule has 5 nitrogen and oxygen atoms in total. The quantitative estimate of drug-likeness (QED) is 0.915. The van der Waals surface area contributed by atoms with Crippen LogP contribution in [0.3, 0.4) is 0 Å². The fraction of sp³-hybridized carbons (Fsp3) is 0.333. The van der Waals surface area contributed by atoms with Crippen molar-refractivity contribution in [2.75, 3.05) is 11.1 Å². The Balaban J connectivity index is 1.88. The van der Waals surface area contributed by atoms with E-state index in [0.29, 0.717) is 11.6 Å². The van der Waals surface area contributed by atoms with Crippen LogP contribution in [0.2, 0.25) is 0 Å². The number of carbonyl (C=O) groups excluding carboxylic acids is 1. The van der Waals surface area contributed by atoms with Crippen LogP contribution in [-0.4, -0.2) is 28.0 Å². The van der Waals surface area contributed by atoms with Gasteiger partial charge in [0.15, 0.2) is 0 Å². The largest absolute Gasteiger partial charge is 0.491 e. The Morgan fingerprint density at radius 1 is 1.33 bits per heavy atom. The molecule has 0 saturated carbocycles. The Bertz CT molecular complexity index is 637. The summed E-state index contributed by atoms with van der Waals surface area (Å²) >= 11 is 1.60. The average molecular weight is 303 g/mol. The first-order chi connectivity index (χ1) is 10.1. The number of H-pyrrole nitrogens is 1. The van der Waals surface area contributed by atoms with Gasteiger partial charge in [0.05, 0.1) is 23.3 Å². The van der Waals surface area contributed by atoms with Gasteiger partial charge in [0, 0.05) is 5.56 Å². The second-order valence-electron chi connectivity index (χ2n) is 5.18. The number of amides is 1. The van der Waals surface area contributed by atoms with Crippen LogP contribution in [0.5, 0.6) is 5.75 Å². The molecule has 6 heteroatoms. The summed E-state index contributed by atoms with van der Waals surface area (Å²) in [5.41, 5.74) is 2.14. The van der Waals surface area contributed by atoms with E-state index in [4.69, 9.17) is 4.74 Å². The summed E-state index contributed by atoms with van der Waals surface area (Å²) in [4.78, 5) is 11.7. The molecule has 1 aromatic carbocycles. The molecule has 2 heterocycles. The van der Waals surface area contributed by atoms with Gasteiger partial charge < -0.3 is 10.1 Å². The van der Waals surface area contributed by atoms with Gasteiger partial charge in [0.1, 0.15) is 11.6 Å². The van der Waals surface area contributed by atoms with Crippen molar-refractivity contribution in [2.24, 2.45) is 0 Å². The van der Waals surface area contributed by atoms with Gasteiger partial charge >= 0.3 is 0 Å². The molecule has 3 rings (SSSR count). The number of anilines is 1. The molecule has 21 heavy (non-hydrogen) atoms. The van der Waals surface area contributed by atoms with E-state index in [-0.39, 0.29) is 17.3 Å². The number of rotatable bonds is 3. The molecule has 1 aliphatic rings. The van der Waals surface area contributed by atoms with Gasteiger partial charge in [-0.25, -0.2) is 0 Å². The lowest BCUT2D eigenvalue weighted by Gasteiger charge is -2.15. The number of thioether (sulfide) groups is 1. The Hall–Kier alpha value is -1.95. The Kier molecular flexibility index (Phi) is 3.88. The highest BCUT2D eigenvalue weighted by Gasteiger charge is 2.25. The van der Waals surface area contributed by atoms with E-state index in [0.717, 1.165) is 16.9 Å². The lowest BCUT2D eigenvalue weighted by atomic mass is 10.1. The third-order valence-corrected chi connectivity index (χ3v) is 4.44. The summed E-state index contributed by atoms with van der Waals surface area (Å²) in [6, 6.07) is 8.02. The molecule has 0 fully saturated rings. The zero-order valence-corrected chi connectivity index (χ0v) is 12.7. The molecular weight excluding hydrogens is 286 g/mol. The second-order valence-corrected chi connectivity index (χ2v) is 6.27. The lowest BCUT2D eigenvalue weighted by Crippen LogP contribution is -2.12. The van der Waals surface area contributed by atoms with Gasteiger partial charge in [0.2, 0.25) is 5.91 Å². The predicted octanol–water partition coefficient (Wildman–Crippen LogP) is 2.97. The van der Waals surface area contributed by atoms with Crippen LogP contribution in [0, 0.1) is 0 Å². The Morgan fingerprint density at radius 2 is 2.10 bits per heavy atom. The van der Waals surface area contributed by atoms with Gasteiger partial charge in [-0.3, -0.25) is 9.89 Å². The van der Waals surface area contributed by atoms with Crippen LogP contribution in [0.1, 0.15) is 30.2 Å². The van der Waals surface area contributed by atoms with Gasteiger partial charge in [-0.15, -0.1) is 11.8 Å². The highest BCUT2D eigenvalue weighted by Crippen LogP contribution is 2.40. The smallest absolute Gasteiger partial charge is 0.235 e. The first-order valence-electron chi connectivity index (χ1n) is 6.85. The van der Waals surface area contributed by atoms with Crippen molar-refractivity contribution >= 4 is 23.5 Å². The second kappa shape index (κ2) is 5.81. The maximum Gasteiger partial charge on any atom is 0.235 e. The summed E-state index contributed by atoms with van der Waals surface area (Å²) in [5.74, 6) is 1.97. The number of fused-ring (bicyclic) bond motifs is 1. The third-order valence-electron chi connectivity index (χ3n) is 3.15. The zero-order chi connectivity index (χ0) is 14.8. The molecule has 2 N–H and O–H groups in total. The molecule has 1 aromatic heterocycles. The van der Waals surface area contributed by atoms with Crippen LogP contribution in [0.25, 0.3) is 0 Å². The van der Waals surface area contributed by atoms with Gasteiger partial charge in [-0.1, -0.05) is 12.1 Å². The fourth-order valence-electron chi connectivity index (χ4n) is 2.29. The normalized spacial score (nSPS) is 18.0. The van der Waals surface area contributed by atoms with Crippen LogP contribution < -0.4 is 10.1 Å². The van der Waals surface area contributed by atoms with E-state index < -0.39 is 0 Å². The van der Waals surface area contributed by atoms with Gasteiger partial charge in [-0.2, -0.15) is 5.10 Å². The number of aromatic amines is 1. The van der Waals surface area contributed by atoms with Crippen molar-refractivity contribution in [3.63, 3.8) is 0 Å². The van der Waals surface area contributed by atoms with E-state index in [1.54, 1.807) is 18.0 Å². The SMILES string of the molecule is CC(C)Oc1ccc([C@H]2SCC(=O)Nc3[nH]ncc32)cc1. The molecule has 0 spiro atoms. The summed E-state index contributed by atoms with van der Waals surface area (Å²) < 4.78 is 5.66. The van der Waals surface area contributed by atoms with E-state index >= 15 is 0 Å². The van der Waals surface area contributed by atoms with Crippen molar-refractivity contribution in [1.29, 1.82) is 0 Å². The first-order valence-corrected chi connectivity index (χ1v) is 7.89. The fourth-order valence-corrected chi connectivity index (χ4v) is 3.39. The lowest BCUT2D eigenvalue weighted by molar-refractivity contribution is -0.113. The van der Waals surface area contributed by atoms with Crippen molar-refractivity contribution in [2.45, 2.75) is 25.2 Å². The monoisotopic (exact) mass is 303 g/mol. The minimum atomic E-state index is -0.00670. The summed E-state index contributed by atoms with van der Waals surface area (Å²) in [6.45, 7) is 4.01. The van der Waals surface area contributed by atoms with Crippen molar-refractivity contribution in [1.82, 2.24) is 10.2 Å².